The van der Waals surface area contributed by atoms with Gasteiger partial charge >= 0.3 is 0 Å². The summed E-state index contributed by atoms with van der Waals surface area (Å²) in [7, 11) is -1.79. The molecule has 32 heavy (non-hydrogen) atoms. The molecule has 4 heteroatoms. The molecule has 2 rings (SSSR count). The highest BCUT2D eigenvalue weighted by Crippen LogP contribution is 2.45. The molecule has 3 nitrogen and oxygen atoms in total. The van der Waals surface area contributed by atoms with Crippen molar-refractivity contribution in [3.05, 3.63) is 71.8 Å². The van der Waals surface area contributed by atoms with Crippen molar-refractivity contribution < 1.29 is 14.3 Å². The molecule has 0 spiro atoms. The van der Waals surface area contributed by atoms with Crippen molar-refractivity contribution in [3.63, 3.8) is 0 Å². The zero-order valence-electron chi connectivity index (χ0n) is 21.2. The first-order chi connectivity index (χ1) is 15.0. The molecule has 0 bridgehead atoms. The van der Waals surface area contributed by atoms with Crippen LogP contribution in [0.15, 0.2) is 60.7 Å². The Kier molecular flexibility index (Phi) is 9.71. The van der Waals surface area contributed by atoms with Crippen LogP contribution in [-0.4, -0.2) is 39.3 Å². The van der Waals surface area contributed by atoms with Gasteiger partial charge in [0.1, 0.15) is 0 Å². The molecule has 0 radical (unpaired) electrons. The average molecular weight is 457 g/mol. The molecule has 0 aliphatic rings. The highest BCUT2D eigenvalue weighted by Gasteiger charge is 2.38. The normalized spacial score (nSPS) is 14.0. The lowest BCUT2D eigenvalue weighted by atomic mass is 9.68. The molecule has 0 aliphatic carbocycles. The summed E-state index contributed by atoms with van der Waals surface area (Å²) in [5, 5.41) is 9.58. The monoisotopic (exact) mass is 456 g/mol. The molecule has 2 aromatic carbocycles. The van der Waals surface area contributed by atoms with Gasteiger partial charge in [-0.2, -0.15) is 0 Å². The molecule has 178 valence electrons. The Bertz CT molecular complexity index is 742. The molecule has 0 aliphatic heterocycles. The lowest BCUT2D eigenvalue weighted by Crippen LogP contribution is -2.41. The van der Waals surface area contributed by atoms with E-state index >= 15 is 0 Å². The quantitative estimate of drug-likeness (QED) is 0.349. The van der Waals surface area contributed by atoms with Crippen molar-refractivity contribution in [2.75, 3.05) is 19.8 Å². The van der Waals surface area contributed by atoms with Crippen LogP contribution < -0.4 is 0 Å². The number of aliphatic hydroxyl groups excluding tert-OH is 1. The van der Waals surface area contributed by atoms with Crippen molar-refractivity contribution in [3.8, 4) is 0 Å². The fourth-order valence-electron chi connectivity index (χ4n) is 4.22. The number of benzene rings is 2. The Morgan fingerprint density at radius 1 is 0.812 bits per heavy atom. The number of ether oxygens (including phenoxy) is 1. The van der Waals surface area contributed by atoms with Crippen LogP contribution >= 0.6 is 0 Å². The highest BCUT2D eigenvalue weighted by molar-refractivity contribution is 6.74. The van der Waals surface area contributed by atoms with E-state index in [1.54, 1.807) is 0 Å². The molecule has 1 N–H and O–H groups in total. The smallest absolute Gasteiger partial charge is 0.191 e. The van der Waals surface area contributed by atoms with Gasteiger partial charge in [-0.3, -0.25) is 0 Å². The van der Waals surface area contributed by atoms with E-state index in [9.17, 15) is 5.11 Å². The van der Waals surface area contributed by atoms with Gasteiger partial charge in [0.25, 0.3) is 0 Å². The Labute approximate surface area is 197 Å². The Morgan fingerprint density at radius 2 is 1.31 bits per heavy atom. The maximum Gasteiger partial charge on any atom is 0.191 e. The fraction of sp³-hybridized carbons (Fsp3) is 0.571. The lowest BCUT2D eigenvalue weighted by Gasteiger charge is -2.39. The molecule has 1 unspecified atom stereocenters. The summed E-state index contributed by atoms with van der Waals surface area (Å²) in [5.41, 5.74) is 2.60. The van der Waals surface area contributed by atoms with Gasteiger partial charge in [0.05, 0.1) is 19.3 Å². The second-order valence-electron chi connectivity index (χ2n) is 11.1. The van der Waals surface area contributed by atoms with E-state index in [1.165, 1.54) is 11.1 Å². The van der Waals surface area contributed by atoms with E-state index in [1.807, 2.05) is 0 Å². The zero-order valence-corrected chi connectivity index (χ0v) is 22.2. The van der Waals surface area contributed by atoms with Gasteiger partial charge < -0.3 is 14.3 Å². The molecule has 1 atom stereocenters. The minimum absolute atomic E-state index is 0.0387. The van der Waals surface area contributed by atoms with Gasteiger partial charge in [0.2, 0.25) is 0 Å². The van der Waals surface area contributed by atoms with Crippen LogP contribution in [0, 0.1) is 5.41 Å². The number of hydrogen-bond acceptors (Lipinski definition) is 3. The fourth-order valence-corrected chi connectivity index (χ4v) is 5.28. The third kappa shape index (κ3) is 7.55. The van der Waals surface area contributed by atoms with Crippen molar-refractivity contribution in [2.45, 2.75) is 77.6 Å². The predicted octanol–water partition coefficient (Wildman–Crippen LogP) is 7.02. The Hall–Kier alpha value is -1.46. The second-order valence-corrected chi connectivity index (χ2v) is 15.9. The first kappa shape index (κ1) is 26.8. The van der Waals surface area contributed by atoms with Gasteiger partial charge in [-0.25, -0.2) is 0 Å². The van der Waals surface area contributed by atoms with Crippen molar-refractivity contribution in [1.82, 2.24) is 0 Å². The largest absolute Gasteiger partial charge is 0.417 e. The topological polar surface area (TPSA) is 38.7 Å². The summed E-state index contributed by atoms with van der Waals surface area (Å²) < 4.78 is 12.6. The minimum atomic E-state index is -1.79. The third-order valence-electron chi connectivity index (χ3n) is 6.95. The lowest BCUT2D eigenvalue weighted by molar-refractivity contribution is -0.00955. The standard InChI is InChI=1S/C28H44O3Si/c1-27(2,3)32(6,7)31-20-18-25(30-21-19-29)22-28(4,5)26(23-14-10-8-11-15-23)24-16-12-9-13-17-24/h8-17,25-26,29H,18-22H2,1-7H3. The molecule has 0 saturated heterocycles. The Balaban J connectivity index is 2.21. The van der Waals surface area contributed by atoms with Crippen LogP contribution in [0.4, 0.5) is 0 Å². The SMILES string of the molecule is CC(C)(CC(CCO[Si](C)(C)C(C)(C)C)OCCO)C(c1ccccc1)c1ccccc1. The molecular formula is C28H44O3Si. The van der Waals surface area contributed by atoms with Gasteiger partial charge in [0.15, 0.2) is 8.32 Å². The van der Waals surface area contributed by atoms with E-state index in [4.69, 9.17) is 9.16 Å². The summed E-state index contributed by atoms with van der Waals surface area (Å²) in [4.78, 5) is 0. The van der Waals surface area contributed by atoms with Crippen LogP contribution in [0.3, 0.4) is 0 Å². The Morgan fingerprint density at radius 3 is 1.75 bits per heavy atom. The molecule has 0 amide bonds. The number of rotatable bonds is 12. The van der Waals surface area contributed by atoms with E-state index in [0.29, 0.717) is 13.2 Å². The van der Waals surface area contributed by atoms with Crippen LogP contribution in [0.5, 0.6) is 0 Å². The van der Waals surface area contributed by atoms with Gasteiger partial charge in [-0.05, 0) is 47.5 Å². The van der Waals surface area contributed by atoms with Crippen molar-refractivity contribution in [1.29, 1.82) is 0 Å². The number of hydrogen-bond donors (Lipinski definition) is 1. The molecule has 0 fully saturated rings. The maximum atomic E-state index is 9.39. The molecule has 0 saturated carbocycles. The first-order valence-corrected chi connectivity index (χ1v) is 14.8. The van der Waals surface area contributed by atoms with E-state index in [-0.39, 0.29) is 29.1 Å². The average Bonchev–Trinajstić information content (AvgIpc) is 2.72. The number of aliphatic hydroxyl groups is 1. The summed E-state index contributed by atoms with van der Waals surface area (Å²) in [6.45, 7) is 17.2. The van der Waals surface area contributed by atoms with Gasteiger partial charge in [0, 0.05) is 12.5 Å². The predicted molar refractivity (Wildman–Crippen MR) is 138 cm³/mol. The highest BCUT2D eigenvalue weighted by atomic mass is 28.4. The summed E-state index contributed by atoms with van der Waals surface area (Å²) in [6, 6.07) is 21.5. The third-order valence-corrected chi connectivity index (χ3v) is 11.5. The van der Waals surface area contributed by atoms with E-state index < -0.39 is 8.32 Å². The summed E-state index contributed by atoms with van der Waals surface area (Å²) in [6.07, 6.45) is 1.77. The van der Waals surface area contributed by atoms with Gasteiger partial charge in [-0.1, -0.05) is 95.3 Å². The molecule has 0 aromatic heterocycles. The minimum Gasteiger partial charge on any atom is -0.417 e. The second kappa shape index (κ2) is 11.6. The van der Waals surface area contributed by atoms with Crippen LogP contribution in [-0.2, 0) is 9.16 Å². The van der Waals surface area contributed by atoms with Crippen molar-refractivity contribution in [2.24, 2.45) is 5.41 Å². The van der Waals surface area contributed by atoms with Crippen LogP contribution in [0.25, 0.3) is 0 Å². The van der Waals surface area contributed by atoms with E-state index in [0.717, 1.165) is 12.8 Å². The summed E-state index contributed by atoms with van der Waals surface area (Å²) >= 11 is 0. The first-order valence-electron chi connectivity index (χ1n) is 11.9. The molecular weight excluding hydrogens is 412 g/mol. The zero-order chi connectivity index (χ0) is 23.8. The van der Waals surface area contributed by atoms with Crippen LogP contribution in [0.2, 0.25) is 18.1 Å². The van der Waals surface area contributed by atoms with E-state index in [2.05, 4.69) is 108 Å². The summed E-state index contributed by atoms with van der Waals surface area (Å²) in [5.74, 6) is 0.256. The molecule has 0 heterocycles. The van der Waals surface area contributed by atoms with Crippen LogP contribution in [0.1, 0.15) is 64.5 Å². The van der Waals surface area contributed by atoms with Crippen molar-refractivity contribution >= 4 is 8.32 Å². The molecule has 2 aromatic rings. The maximum absolute atomic E-state index is 9.39. The van der Waals surface area contributed by atoms with Gasteiger partial charge in [-0.15, -0.1) is 0 Å².